The second kappa shape index (κ2) is 26.2. The molecule has 0 saturated heterocycles. The molecule has 41 heavy (non-hydrogen) atoms. The highest BCUT2D eigenvalue weighted by atomic mass is 31.2. The number of hydrogen-bond donors (Lipinski definition) is 0. The summed E-state index contributed by atoms with van der Waals surface area (Å²) in [6.45, 7) is 15.6. The van der Waals surface area contributed by atoms with Gasteiger partial charge in [0, 0.05) is 18.0 Å². The average molecular weight is 608 g/mol. The van der Waals surface area contributed by atoms with Crippen LogP contribution in [0.5, 0.6) is 0 Å². The maximum atomic E-state index is 12.5. The quantitative estimate of drug-likeness (QED) is 0.0614. The van der Waals surface area contributed by atoms with Gasteiger partial charge in [0.15, 0.2) is 5.78 Å². The van der Waals surface area contributed by atoms with Gasteiger partial charge in [-0.2, -0.15) is 0 Å². The average Bonchev–Trinajstić information content (AvgIpc) is 3.01. The molecule has 0 amide bonds. The third-order valence-corrected chi connectivity index (χ3v) is 15.4. The predicted molar refractivity (Wildman–Crippen MR) is 196 cm³/mol. The number of hydrogen-bond acceptors (Lipinski definition) is 1. The number of rotatable bonds is 25. The van der Waals surface area contributed by atoms with E-state index in [4.69, 9.17) is 0 Å². The van der Waals surface area contributed by atoms with E-state index in [-0.39, 0.29) is 10.9 Å². The van der Waals surface area contributed by atoms with Crippen LogP contribution in [0.2, 0.25) is 0 Å². The molecule has 3 heteroatoms. The summed E-state index contributed by atoms with van der Waals surface area (Å²) in [6, 6.07) is 7.94. The lowest BCUT2D eigenvalue weighted by Crippen LogP contribution is -2.31. The largest absolute Gasteiger partial charge is 0.293 e. The van der Waals surface area contributed by atoms with Gasteiger partial charge in [-0.05, 0) is 76.2 Å². The van der Waals surface area contributed by atoms with Crippen LogP contribution in [0.1, 0.15) is 180 Å². The monoisotopic (exact) mass is 608 g/mol. The van der Waals surface area contributed by atoms with E-state index >= 15 is 0 Å². The smallest absolute Gasteiger partial charge is 0.172 e. The highest BCUT2D eigenvalue weighted by Gasteiger charge is 2.35. The highest BCUT2D eigenvalue weighted by Crippen LogP contribution is 2.61. The molecular weight excluding hydrogens is 534 g/mol. The second-order valence-corrected chi connectivity index (χ2v) is 18.3. The van der Waals surface area contributed by atoms with Gasteiger partial charge in [0.2, 0.25) is 0 Å². The molecule has 240 valence electrons. The van der Waals surface area contributed by atoms with Crippen molar-refractivity contribution >= 4 is 22.3 Å². The van der Waals surface area contributed by atoms with Gasteiger partial charge in [0.25, 0.3) is 0 Å². The molecule has 1 atom stereocenters. The van der Waals surface area contributed by atoms with E-state index < -0.39 is 7.26 Å². The molecule has 0 radical (unpaired) electrons. The number of benzene rings is 1. The Morgan fingerprint density at radius 2 is 0.951 bits per heavy atom. The van der Waals surface area contributed by atoms with Gasteiger partial charge in [-0.3, -0.25) is 4.79 Å². The Balaban J connectivity index is 0.000000856. The van der Waals surface area contributed by atoms with E-state index in [0.717, 1.165) is 30.4 Å². The fraction of sp³-hybridized carbons (Fsp3) is 0.816. The summed E-state index contributed by atoms with van der Waals surface area (Å²) >= 11 is 0. The van der Waals surface area contributed by atoms with E-state index in [1.807, 2.05) is 24.3 Å². The van der Waals surface area contributed by atoms with Gasteiger partial charge in [-0.15, -0.1) is 9.24 Å². The zero-order chi connectivity index (χ0) is 30.8. The maximum Gasteiger partial charge on any atom is 0.172 e. The third kappa shape index (κ3) is 17.6. The summed E-state index contributed by atoms with van der Waals surface area (Å²) < 4.78 is 0. The van der Waals surface area contributed by atoms with Crippen LogP contribution in [0.3, 0.4) is 0 Å². The number of ketones is 1. The second-order valence-electron chi connectivity index (χ2n) is 12.7. The van der Waals surface area contributed by atoms with Crippen LogP contribution in [0.15, 0.2) is 24.3 Å². The van der Waals surface area contributed by atoms with Crippen molar-refractivity contribution < 1.29 is 4.79 Å². The molecule has 0 heterocycles. The molecule has 1 unspecified atom stereocenters. The highest BCUT2D eigenvalue weighted by molar-refractivity contribution is 7.75. The van der Waals surface area contributed by atoms with E-state index in [9.17, 15) is 4.79 Å². The van der Waals surface area contributed by atoms with Crippen molar-refractivity contribution in [2.75, 3.05) is 24.6 Å². The van der Waals surface area contributed by atoms with E-state index in [1.54, 1.807) is 24.6 Å². The normalized spacial score (nSPS) is 11.8. The van der Waals surface area contributed by atoms with Gasteiger partial charge in [-0.25, -0.2) is 0 Å². The van der Waals surface area contributed by atoms with Crippen LogP contribution >= 0.6 is 16.5 Å². The maximum absolute atomic E-state index is 12.5. The molecule has 0 aliphatic carbocycles. The summed E-state index contributed by atoms with van der Waals surface area (Å²) in [6.07, 6.45) is 32.7. The molecule has 0 aliphatic rings. The molecule has 0 fully saturated rings. The van der Waals surface area contributed by atoms with Gasteiger partial charge >= 0.3 is 0 Å². The Morgan fingerprint density at radius 1 is 0.585 bits per heavy atom. The molecule has 1 aromatic rings. The molecule has 0 aliphatic heterocycles. The lowest BCUT2D eigenvalue weighted by molar-refractivity contribution is 0.0936. The SMILES string of the molecule is CCCCCC[P+](CCCCCC)(CCCCCC)CCCCCC.CCc1ccccc1C(=O)C(P)(CC)CC. The summed E-state index contributed by atoms with van der Waals surface area (Å²) in [5.41, 5.74) is 2.05. The Hall–Kier alpha value is -0.250. The van der Waals surface area contributed by atoms with Crippen LogP contribution < -0.4 is 0 Å². The van der Waals surface area contributed by atoms with Crippen LogP contribution in [0, 0.1) is 0 Å². The Labute approximate surface area is 262 Å². The first-order valence-electron chi connectivity index (χ1n) is 18.1. The Bertz CT molecular complexity index is 686. The molecule has 0 spiro atoms. The van der Waals surface area contributed by atoms with Gasteiger partial charge in [0.05, 0.1) is 24.6 Å². The van der Waals surface area contributed by atoms with Crippen molar-refractivity contribution in [3.8, 4) is 0 Å². The van der Waals surface area contributed by atoms with Crippen molar-refractivity contribution in [3.63, 3.8) is 0 Å². The van der Waals surface area contributed by atoms with E-state index in [0.29, 0.717) is 0 Å². The molecule has 0 bridgehead atoms. The standard InChI is InChI=1S/C24H52P.C14H21OP/c1-5-9-13-17-21-25(22-18-14-10-6-2,23-19-15-11-7-3)24-20-16-12-8-4;1-4-11-9-7-8-10-12(11)13(15)14(16,5-2)6-3/h5-24H2,1-4H3;7-10H,4-6,16H2,1-3H3/q+1;. The molecular formula is C38H73OP2+. The summed E-state index contributed by atoms with van der Waals surface area (Å²) in [5.74, 6) is 0.264. The first kappa shape index (κ1) is 40.8. The van der Waals surface area contributed by atoms with Crippen molar-refractivity contribution in [2.45, 2.75) is 176 Å². The van der Waals surface area contributed by atoms with Gasteiger partial charge in [0.1, 0.15) is 0 Å². The van der Waals surface area contributed by atoms with Crippen LogP contribution in [0.25, 0.3) is 0 Å². The van der Waals surface area contributed by atoms with Gasteiger partial charge in [-0.1, -0.05) is 124 Å². The topological polar surface area (TPSA) is 17.1 Å². The number of Topliss-reactive ketones (excluding diaryl/α,β-unsaturated/α-hetero) is 1. The lowest BCUT2D eigenvalue weighted by atomic mass is 9.89. The Kier molecular flexibility index (Phi) is 26.0. The summed E-state index contributed by atoms with van der Waals surface area (Å²) in [7, 11) is 2.09. The number of carbonyl (C=O) groups is 1. The van der Waals surface area contributed by atoms with Crippen molar-refractivity contribution in [1.82, 2.24) is 0 Å². The van der Waals surface area contributed by atoms with Crippen molar-refractivity contribution in [3.05, 3.63) is 35.4 Å². The van der Waals surface area contributed by atoms with Crippen LogP contribution in [-0.2, 0) is 6.42 Å². The zero-order valence-corrected chi connectivity index (χ0v) is 31.1. The number of aryl methyl sites for hydroxylation is 1. The fourth-order valence-corrected chi connectivity index (χ4v) is 11.1. The number of carbonyl (C=O) groups excluding carboxylic acids is 1. The van der Waals surface area contributed by atoms with Gasteiger partial charge < -0.3 is 0 Å². The van der Waals surface area contributed by atoms with Crippen molar-refractivity contribution in [2.24, 2.45) is 0 Å². The van der Waals surface area contributed by atoms with Crippen molar-refractivity contribution in [1.29, 1.82) is 0 Å². The molecule has 1 rings (SSSR count). The van der Waals surface area contributed by atoms with Crippen LogP contribution in [0.4, 0.5) is 0 Å². The third-order valence-electron chi connectivity index (χ3n) is 9.30. The zero-order valence-electron chi connectivity index (χ0n) is 29.0. The molecule has 0 aromatic heterocycles. The molecule has 1 nitrogen and oxygen atoms in total. The summed E-state index contributed by atoms with van der Waals surface area (Å²) in [5, 5.41) is -0.286. The molecule has 0 N–H and O–H groups in total. The van der Waals surface area contributed by atoms with E-state index in [1.165, 1.54) is 103 Å². The molecule has 0 saturated carbocycles. The molecule has 1 aromatic carbocycles. The van der Waals surface area contributed by atoms with Crippen LogP contribution in [-0.4, -0.2) is 35.6 Å². The Morgan fingerprint density at radius 3 is 1.27 bits per heavy atom. The predicted octanol–water partition coefficient (Wildman–Crippen LogP) is 13.2. The minimum absolute atomic E-state index is 0.264. The minimum Gasteiger partial charge on any atom is -0.293 e. The fourth-order valence-electron chi connectivity index (χ4n) is 6.06. The lowest BCUT2D eigenvalue weighted by Gasteiger charge is -2.28. The van der Waals surface area contributed by atoms with E-state index in [2.05, 4.69) is 57.7 Å². The first-order chi connectivity index (χ1) is 19.8. The number of unbranched alkanes of at least 4 members (excludes halogenated alkanes) is 12. The minimum atomic E-state index is -0.657. The first-order valence-corrected chi connectivity index (χ1v) is 21.2. The summed E-state index contributed by atoms with van der Waals surface area (Å²) in [4.78, 5) is 12.5.